The van der Waals surface area contributed by atoms with Gasteiger partial charge in [-0.15, -0.1) is 0 Å². The van der Waals surface area contributed by atoms with Crippen molar-refractivity contribution >= 4 is 17.8 Å². The Morgan fingerprint density at radius 1 is 1.09 bits per heavy atom. The molecule has 0 aromatic heterocycles. The Morgan fingerprint density at radius 2 is 1.82 bits per heavy atom. The van der Waals surface area contributed by atoms with Crippen LogP contribution in [0.2, 0.25) is 0 Å². The SMILES string of the molecule is Cc1ccc(OCC(=O)N[C@@H](Cc2ccccc2)C(=O)O)c([C@H]2Cc3ccccc3C(=O)O2)c1. The van der Waals surface area contributed by atoms with E-state index in [1.54, 1.807) is 30.3 Å². The second-order valence-electron chi connectivity index (χ2n) is 8.23. The zero-order valence-corrected chi connectivity index (χ0v) is 18.7. The maximum atomic E-state index is 12.5. The van der Waals surface area contributed by atoms with Crippen molar-refractivity contribution in [2.45, 2.75) is 31.9 Å². The summed E-state index contributed by atoms with van der Waals surface area (Å²) in [5.41, 5.74) is 3.85. The number of cyclic esters (lactones) is 1. The van der Waals surface area contributed by atoms with Gasteiger partial charge in [0.1, 0.15) is 17.9 Å². The number of benzene rings is 3. The summed E-state index contributed by atoms with van der Waals surface area (Å²) in [6, 6.07) is 20.7. The molecule has 4 rings (SSSR count). The number of rotatable bonds is 8. The van der Waals surface area contributed by atoms with Gasteiger partial charge in [0.05, 0.1) is 5.56 Å². The third-order valence-electron chi connectivity index (χ3n) is 5.68. The molecule has 3 aromatic carbocycles. The lowest BCUT2D eigenvalue weighted by Crippen LogP contribution is -2.44. The first-order chi connectivity index (χ1) is 16.4. The molecule has 174 valence electrons. The van der Waals surface area contributed by atoms with Gasteiger partial charge in [-0.25, -0.2) is 9.59 Å². The lowest BCUT2D eigenvalue weighted by atomic mass is 9.93. The molecule has 2 atom stereocenters. The van der Waals surface area contributed by atoms with Gasteiger partial charge in [-0.3, -0.25) is 4.79 Å². The molecule has 7 nitrogen and oxygen atoms in total. The molecule has 0 saturated carbocycles. The lowest BCUT2D eigenvalue weighted by molar-refractivity contribution is -0.142. The van der Waals surface area contributed by atoms with Crippen LogP contribution in [0.15, 0.2) is 72.8 Å². The van der Waals surface area contributed by atoms with Gasteiger partial charge in [-0.2, -0.15) is 0 Å². The Kier molecular flexibility index (Phi) is 6.92. The normalized spacial score (nSPS) is 15.6. The quantitative estimate of drug-likeness (QED) is 0.499. The van der Waals surface area contributed by atoms with Crippen molar-refractivity contribution in [1.82, 2.24) is 5.32 Å². The monoisotopic (exact) mass is 459 g/mol. The van der Waals surface area contributed by atoms with Gasteiger partial charge in [0, 0.05) is 18.4 Å². The third kappa shape index (κ3) is 5.43. The number of carboxylic acids is 1. The summed E-state index contributed by atoms with van der Waals surface area (Å²) < 4.78 is 11.4. The number of aliphatic carboxylic acids is 1. The summed E-state index contributed by atoms with van der Waals surface area (Å²) in [7, 11) is 0. The van der Waals surface area contributed by atoms with E-state index < -0.39 is 30.0 Å². The molecule has 34 heavy (non-hydrogen) atoms. The second-order valence-corrected chi connectivity index (χ2v) is 8.23. The highest BCUT2D eigenvalue weighted by atomic mass is 16.5. The van der Waals surface area contributed by atoms with Gasteiger partial charge in [0.25, 0.3) is 5.91 Å². The van der Waals surface area contributed by atoms with Crippen LogP contribution in [-0.2, 0) is 27.2 Å². The number of aryl methyl sites for hydroxylation is 1. The van der Waals surface area contributed by atoms with E-state index in [0.717, 1.165) is 16.7 Å². The molecule has 3 aromatic rings. The number of hydrogen-bond acceptors (Lipinski definition) is 5. The Labute approximate surface area is 197 Å². The molecule has 1 aliphatic heterocycles. The van der Waals surface area contributed by atoms with E-state index in [1.807, 2.05) is 49.4 Å². The van der Waals surface area contributed by atoms with Crippen LogP contribution in [0.5, 0.6) is 5.75 Å². The minimum absolute atomic E-state index is 0.162. The van der Waals surface area contributed by atoms with Crippen molar-refractivity contribution < 1.29 is 29.0 Å². The summed E-state index contributed by atoms with van der Waals surface area (Å²) in [5.74, 6) is -1.67. The van der Waals surface area contributed by atoms with Crippen LogP contribution in [0.25, 0.3) is 0 Å². The molecule has 0 radical (unpaired) electrons. The van der Waals surface area contributed by atoms with Crippen LogP contribution >= 0.6 is 0 Å². The molecule has 0 fully saturated rings. The Bertz CT molecular complexity index is 1210. The number of hydrogen-bond donors (Lipinski definition) is 2. The number of fused-ring (bicyclic) bond motifs is 1. The highest BCUT2D eigenvalue weighted by molar-refractivity contribution is 5.92. The number of esters is 1. The van der Waals surface area contributed by atoms with Crippen molar-refractivity contribution in [1.29, 1.82) is 0 Å². The fourth-order valence-corrected chi connectivity index (χ4v) is 3.99. The van der Waals surface area contributed by atoms with Crippen molar-refractivity contribution in [3.05, 3.63) is 101 Å². The first-order valence-electron chi connectivity index (χ1n) is 11.0. The molecule has 0 bridgehead atoms. The fourth-order valence-electron chi connectivity index (χ4n) is 3.99. The first kappa shape index (κ1) is 23.0. The summed E-state index contributed by atoms with van der Waals surface area (Å²) in [4.78, 5) is 36.6. The van der Waals surface area contributed by atoms with E-state index >= 15 is 0 Å². The standard InChI is InChI=1S/C27H25NO6/c1-17-11-12-23(21(13-17)24-15-19-9-5-6-10-20(19)27(32)34-24)33-16-25(29)28-22(26(30)31)14-18-7-3-2-4-8-18/h2-13,22,24H,14-16H2,1H3,(H,28,29)(H,30,31)/t22-,24+/m0/s1. The van der Waals surface area contributed by atoms with Gasteiger partial charge in [0.15, 0.2) is 6.61 Å². The molecule has 0 saturated heterocycles. The van der Waals surface area contributed by atoms with Crippen molar-refractivity contribution in [3.63, 3.8) is 0 Å². The van der Waals surface area contributed by atoms with E-state index in [-0.39, 0.29) is 13.0 Å². The van der Waals surface area contributed by atoms with Gasteiger partial charge in [-0.05, 0) is 36.2 Å². The van der Waals surface area contributed by atoms with Gasteiger partial charge in [-0.1, -0.05) is 60.2 Å². The Balaban J connectivity index is 1.45. The summed E-state index contributed by atoms with van der Waals surface area (Å²) in [6.45, 7) is 1.55. The highest BCUT2D eigenvalue weighted by Crippen LogP contribution is 2.35. The van der Waals surface area contributed by atoms with Crippen LogP contribution in [0.1, 0.15) is 38.7 Å². The molecular formula is C27H25NO6. The number of nitrogens with one attached hydrogen (secondary N) is 1. The molecule has 1 aliphatic rings. The van der Waals surface area contributed by atoms with Crippen LogP contribution < -0.4 is 10.1 Å². The van der Waals surface area contributed by atoms with Crippen LogP contribution in [-0.4, -0.2) is 35.6 Å². The lowest BCUT2D eigenvalue weighted by Gasteiger charge is -2.26. The smallest absolute Gasteiger partial charge is 0.339 e. The number of amides is 1. The maximum absolute atomic E-state index is 12.5. The average molecular weight is 459 g/mol. The predicted molar refractivity (Wildman–Crippen MR) is 125 cm³/mol. The van der Waals surface area contributed by atoms with Gasteiger partial charge in [0.2, 0.25) is 0 Å². The second kappa shape index (κ2) is 10.2. The average Bonchev–Trinajstić information content (AvgIpc) is 2.83. The minimum atomic E-state index is -1.12. The largest absolute Gasteiger partial charge is 0.483 e. The van der Waals surface area contributed by atoms with Crippen LogP contribution in [0.3, 0.4) is 0 Å². The van der Waals surface area contributed by atoms with Crippen molar-refractivity contribution in [2.75, 3.05) is 6.61 Å². The van der Waals surface area contributed by atoms with E-state index in [9.17, 15) is 19.5 Å². The van der Waals surface area contributed by atoms with Crippen LogP contribution in [0, 0.1) is 6.92 Å². The number of carboxylic acid groups (broad SMARTS) is 1. The molecule has 7 heteroatoms. The Hall–Kier alpha value is -4.13. The first-order valence-corrected chi connectivity index (χ1v) is 11.0. The summed E-state index contributed by atoms with van der Waals surface area (Å²) in [6.07, 6.45) is 0.103. The van der Waals surface area contributed by atoms with E-state index in [4.69, 9.17) is 9.47 Å². The molecule has 1 amide bonds. The van der Waals surface area contributed by atoms with Crippen LogP contribution in [0.4, 0.5) is 0 Å². The predicted octanol–water partition coefficient (Wildman–Crippen LogP) is 3.64. The van der Waals surface area contributed by atoms with Crippen molar-refractivity contribution in [2.24, 2.45) is 0 Å². The van der Waals surface area contributed by atoms with Gasteiger partial charge < -0.3 is 19.9 Å². The fraction of sp³-hybridized carbons (Fsp3) is 0.222. The molecule has 2 N–H and O–H groups in total. The summed E-state index contributed by atoms with van der Waals surface area (Å²) >= 11 is 0. The third-order valence-corrected chi connectivity index (χ3v) is 5.68. The summed E-state index contributed by atoms with van der Waals surface area (Å²) in [5, 5.41) is 12.0. The number of ether oxygens (including phenoxy) is 2. The zero-order valence-electron chi connectivity index (χ0n) is 18.7. The molecule has 0 spiro atoms. The zero-order chi connectivity index (χ0) is 24.1. The van der Waals surface area contributed by atoms with Gasteiger partial charge >= 0.3 is 11.9 Å². The molecule has 1 heterocycles. The number of carbonyl (C=O) groups excluding carboxylic acids is 2. The highest BCUT2D eigenvalue weighted by Gasteiger charge is 2.29. The molecule has 0 aliphatic carbocycles. The van der Waals surface area contributed by atoms with E-state index in [0.29, 0.717) is 23.3 Å². The Morgan fingerprint density at radius 3 is 2.59 bits per heavy atom. The molecular weight excluding hydrogens is 434 g/mol. The molecule has 0 unspecified atom stereocenters. The maximum Gasteiger partial charge on any atom is 0.339 e. The number of carbonyl (C=O) groups is 3. The van der Waals surface area contributed by atoms with E-state index in [2.05, 4.69) is 5.32 Å². The van der Waals surface area contributed by atoms with Crippen molar-refractivity contribution in [3.8, 4) is 5.75 Å². The minimum Gasteiger partial charge on any atom is -0.483 e. The topological polar surface area (TPSA) is 102 Å². The van der Waals surface area contributed by atoms with E-state index in [1.165, 1.54) is 0 Å².